The largest absolute Gasteiger partial charge is 0.464 e. The monoisotopic (exact) mass is 433 g/mol. The number of furan rings is 1. The van der Waals surface area contributed by atoms with Gasteiger partial charge in [0.15, 0.2) is 0 Å². The van der Waals surface area contributed by atoms with Gasteiger partial charge in [0.25, 0.3) is 0 Å². The summed E-state index contributed by atoms with van der Waals surface area (Å²) in [6.07, 6.45) is 1.99. The molecule has 4 aromatic rings. The van der Waals surface area contributed by atoms with Crippen molar-refractivity contribution >= 4 is 39.5 Å². The van der Waals surface area contributed by atoms with Crippen LogP contribution in [0, 0.1) is 13.8 Å². The number of carbonyl (C=O) groups is 2. The average molecular weight is 433 g/mol. The van der Waals surface area contributed by atoms with Gasteiger partial charge in [-0.3, -0.25) is 4.79 Å². The number of benzene rings is 2. The van der Waals surface area contributed by atoms with Gasteiger partial charge in [-0.1, -0.05) is 6.07 Å². The van der Waals surface area contributed by atoms with E-state index in [0.29, 0.717) is 28.0 Å². The van der Waals surface area contributed by atoms with E-state index in [0.717, 1.165) is 21.9 Å². The maximum atomic E-state index is 12.6. The summed E-state index contributed by atoms with van der Waals surface area (Å²) in [6, 6.07) is 10.2. The van der Waals surface area contributed by atoms with Crippen LogP contribution in [0.15, 0.2) is 56.3 Å². The fourth-order valence-corrected chi connectivity index (χ4v) is 3.73. The maximum absolute atomic E-state index is 12.6. The summed E-state index contributed by atoms with van der Waals surface area (Å²) in [4.78, 5) is 36.9. The van der Waals surface area contributed by atoms with Crippen LogP contribution in [0.3, 0.4) is 0 Å². The van der Waals surface area contributed by atoms with Crippen molar-refractivity contribution < 1.29 is 23.2 Å². The van der Waals surface area contributed by atoms with Gasteiger partial charge in [0.1, 0.15) is 11.2 Å². The fraction of sp³-hybridized carbons (Fsp3) is 0.240. The molecule has 0 spiro atoms. The van der Waals surface area contributed by atoms with E-state index in [1.165, 1.54) is 0 Å². The van der Waals surface area contributed by atoms with Crippen molar-refractivity contribution in [3.05, 3.63) is 75.3 Å². The molecule has 32 heavy (non-hydrogen) atoms. The Bertz CT molecular complexity index is 1400. The van der Waals surface area contributed by atoms with Crippen molar-refractivity contribution in [2.75, 3.05) is 11.9 Å². The van der Waals surface area contributed by atoms with Crippen LogP contribution >= 0.6 is 0 Å². The van der Waals surface area contributed by atoms with E-state index in [4.69, 9.17) is 13.6 Å². The lowest BCUT2D eigenvalue weighted by Crippen LogP contribution is -2.17. The molecule has 0 saturated heterocycles. The molecule has 0 aliphatic rings. The quantitative estimate of drug-likeness (QED) is 0.343. The molecule has 0 radical (unpaired) electrons. The third kappa shape index (κ3) is 4.14. The molecule has 1 N–H and O–H groups in total. The number of hydrogen-bond donors (Lipinski definition) is 1. The van der Waals surface area contributed by atoms with Crippen LogP contribution in [0.2, 0.25) is 0 Å². The summed E-state index contributed by atoms with van der Waals surface area (Å²) >= 11 is 0. The average Bonchev–Trinajstić information content (AvgIpc) is 3.12. The van der Waals surface area contributed by atoms with Gasteiger partial charge in [0.2, 0.25) is 5.91 Å². The number of esters is 1. The molecule has 2 heterocycles. The third-order valence-electron chi connectivity index (χ3n) is 5.43. The molecule has 0 saturated carbocycles. The maximum Gasteiger partial charge on any atom is 0.339 e. The SMILES string of the molecule is CCOC(=O)c1cccc(NC(=O)CCc2c(C)c3cc4c(C)coc4cc3oc2=O)c1. The van der Waals surface area contributed by atoms with Crippen LogP contribution in [-0.4, -0.2) is 18.5 Å². The molecule has 2 aromatic heterocycles. The first-order chi connectivity index (χ1) is 15.4. The summed E-state index contributed by atoms with van der Waals surface area (Å²) in [6.45, 7) is 5.81. The highest BCUT2D eigenvalue weighted by molar-refractivity contribution is 5.97. The Kier molecular flexibility index (Phi) is 5.81. The number of hydrogen-bond acceptors (Lipinski definition) is 6. The molecule has 7 nitrogen and oxygen atoms in total. The Balaban J connectivity index is 1.52. The number of nitrogens with one attached hydrogen (secondary N) is 1. The molecular formula is C25H23NO6. The van der Waals surface area contributed by atoms with E-state index in [-0.39, 0.29) is 25.4 Å². The summed E-state index contributed by atoms with van der Waals surface area (Å²) in [5.41, 5.74) is 3.75. The zero-order valence-corrected chi connectivity index (χ0v) is 18.1. The molecule has 0 fully saturated rings. The Morgan fingerprint density at radius 3 is 2.66 bits per heavy atom. The summed E-state index contributed by atoms with van der Waals surface area (Å²) in [7, 11) is 0. The zero-order chi connectivity index (χ0) is 22.8. The highest BCUT2D eigenvalue weighted by Crippen LogP contribution is 2.29. The minimum Gasteiger partial charge on any atom is -0.464 e. The van der Waals surface area contributed by atoms with Crippen molar-refractivity contribution in [3.8, 4) is 0 Å². The smallest absolute Gasteiger partial charge is 0.339 e. The van der Waals surface area contributed by atoms with Crippen LogP contribution in [0.4, 0.5) is 5.69 Å². The van der Waals surface area contributed by atoms with Gasteiger partial charge in [-0.15, -0.1) is 0 Å². The number of aryl methyl sites for hydroxylation is 2. The Morgan fingerprint density at radius 2 is 1.88 bits per heavy atom. The molecule has 0 aliphatic carbocycles. The lowest BCUT2D eigenvalue weighted by Gasteiger charge is -2.09. The second-order valence-electron chi connectivity index (χ2n) is 7.61. The topological polar surface area (TPSA) is 98.8 Å². The van der Waals surface area contributed by atoms with E-state index in [9.17, 15) is 14.4 Å². The lowest BCUT2D eigenvalue weighted by molar-refractivity contribution is -0.116. The van der Waals surface area contributed by atoms with Gasteiger partial charge in [-0.2, -0.15) is 0 Å². The molecule has 0 bridgehead atoms. The highest BCUT2D eigenvalue weighted by Gasteiger charge is 2.16. The Morgan fingerprint density at radius 1 is 1.06 bits per heavy atom. The van der Waals surface area contributed by atoms with Gasteiger partial charge in [-0.25, -0.2) is 9.59 Å². The molecule has 0 aliphatic heterocycles. The first-order valence-corrected chi connectivity index (χ1v) is 10.4. The molecule has 1 amide bonds. The molecule has 2 aromatic carbocycles. The second kappa shape index (κ2) is 8.70. The Labute approximate surface area is 184 Å². The molecule has 0 atom stereocenters. The fourth-order valence-electron chi connectivity index (χ4n) is 3.73. The van der Waals surface area contributed by atoms with Crippen LogP contribution in [0.5, 0.6) is 0 Å². The second-order valence-corrected chi connectivity index (χ2v) is 7.61. The summed E-state index contributed by atoms with van der Waals surface area (Å²) < 4.78 is 16.0. The number of fused-ring (bicyclic) bond motifs is 2. The van der Waals surface area contributed by atoms with Crippen molar-refractivity contribution in [1.82, 2.24) is 0 Å². The molecule has 164 valence electrons. The van der Waals surface area contributed by atoms with E-state index >= 15 is 0 Å². The normalized spacial score (nSPS) is 11.1. The van der Waals surface area contributed by atoms with Crippen molar-refractivity contribution in [2.24, 2.45) is 0 Å². The number of carbonyl (C=O) groups excluding carboxylic acids is 2. The minimum absolute atomic E-state index is 0.0910. The standard InChI is InChI=1S/C25H23NO6/c1-4-30-24(28)16-6-5-7-17(10-16)26-23(27)9-8-18-15(3)20-11-19-14(2)13-31-21(19)12-22(20)32-25(18)29/h5-7,10-13H,4,8-9H2,1-3H3,(H,26,27). The van der Waals surface area contributed by atoms with Gasteiger partial charge in [-0.05, 0) is 62.6 Å². The van der Waals surface area contributed by atoms with Crippen LogP contribution in [-0.2, 0) is 16.0 Å². The van der Waals surface area contributed by atoms with E-state index < -0.39 is 11.6 Å². The number of ether oxygens (including phenoxy) is 1. The molecule has 7 heteroatoms. The van der Waals surface area contributed by atoms with Crippen molar-refractivity contribution in [2.45, 2.75) is 33.6 Å². The van der Waals surface area contributed by atoms with E-state index in [1.807, 2.05) is 19.9 Å². The predicted octanol–water partition coefficient (Wildman–Crippen LogP) is 4.90. The van der Waals surface area contributed by atoms with Gasteiger partial charge < -0.3 is 18.9 Å². The lowest BCUT2D eigenvalue weighted by atomic mass is 10.0. The number of rotatable bonds is 6. The molecule has 0 unspecified atom stereocenters. The Hall–Kier alpha value is -3.87. The summed E-state index contributed by atoms with van der Waals surface area (Å²) in [5.74, 6) is -0.721. The molecule has 4 rings (SSSR count). The summed E-state index contributed by atoms with van der Waals surface area (Å²) in [5, 5.41) is 4.54. The first-order valence-electron chi connectivity index (χ1n) is 10.4. The van der Waals surface area contributed by atoms with E-state index in [1.54, 1.807) is 43.5 Å². The van der Waals surface area contributed by atoms with Gasteiger partial charge in [0, 0.05) is 34.5 Å². The van der Waals surface area contributed by atoms with Crippen LogP contribution < -0.4 is 10.9 Å². The highest BCUT2D eigenvalue weighted by atomic mass is 16.5. The van der Waals surface area contributed by atoms with Crippen molar-refractivity contribution in [3.63, 3.8) is 0 Å². The van der Waals surface area contributed by atoms with Gasteiger partial charge >= 0.3 is 11.6 Å². The minimum atomic E-state index is -0.463. The number of amides is 1. The molecular weight excluding hydrogens is 410 g/mol. The van der Waals surface area contributed by atoms with Crippen molar-refractivity contribution in [1.29, 1.82) is 0 Å². The van der Waals surface area contributed by atoms with E-state index in [2.05, 4.69) is 5.32 Å². The predicted molar refractivity (Wildman–Crippen MR) is 121 cm³/mol. The van der Waals surface area contributed by atoms with Crippen LogP contribution in [0.25, 0.3) is 21.9 Å². The van der Waals surface area contributed by atoms with Crippen LogP contribution in [0.1, 0.15) is 40.4 Å². The first kappa shape index (κ1) is 21.4. The van der Waals surface area contributed by atoms with Gasteiger partial charge in [0.05, 0.1) is 18.4 Å². The number of anilines is 1. The third-order valence-corrected chi connectivity index (χ3v) is 5.43. The zero-order valence-electron chi connectivity index (χ0n) is 18.1.